The third-order valence-corrected chi connectivity index (χ3v) is 2.76. The highest BCUT2D eigenvalue weighted by molar-refractivity contribution is 5.87. The fourth-order valence-corrected chi connectivity index (χ4v) is 1.90. The van der Waals surface area contributed by atoms with Crippen molar-refractivity contribution < 1.29 is 9.53 Å². The molecule has 1 heterocycles. The van der Waals surface area contributed by atoms with Crippen LogP contribution in [0.25, 0.3) is 10.9 Å². The molecule has 3 nitrogen and oxygen atoms in total. The number of carbonyl (C=O) groups is 1. The van der Waals surface area contributed by atoms with Crippen LogP contribution < -0.4 is 0 Å². The maximum absolute atomic E-state index is 10.7. The summed E-state index contributed by atoms with van der Waals surface area (Å²) in [7, 11) is 0. The number of ether oxygens (including phenoxy) is 1. The SMILES string of the molecule is CCCOCCn1ccc2cc(C=O)ccc21. The van der Waals surface area contributed by atoms with E-state index in [-0.39, 0.29) is 0 Å². The molecule has 0 atom stereocenters. The highest BCUT2D eigenvalue weighted by atomic mass is 16.5. The molecular weight excluding hydrogens is 214 g/mol. The first-order valence-corrected chi connectivity index (χ1v) is 5.97. The van der Waals surface area contributed by atoms with E-state index in [1.807, 2.05) is 30.5 Å². The predicted molar refractivity (Wildman–Crippen MR) is 68.4 cm³/mol. The average molecular weight is 231 g/mol. The molecule has 0 saturated carbocycles. The van der Waals surface area contributed by atoms with Crippen LogP contribution in [0.3, 0.4) is 0 Å². The van der Waals surface area contributed by atoms with Gasteiger partial charge in [-0.25, -0.2) is 0 Å². The van der Waals surface area contributed by atoms with Crippen molar-refractivity contribution in [3.63, 3.8) is 0 Å². The van der Waals surface area contributed by atoms with Gasteiger partial charge in [0.15, 0.2) is 0 Å². The lowest BCUT2D eigenvalue weighted by molar-refractivity contribution is 0.112. The van der Waals surface area contributed by atoms with Crippen molar-refractivity contribution in [1.29, 1.82) is 0 Å². The van der Waals surface area contributed by atoms with E-state index >= 15 is 0 Å². The Morgan fingerprint density at radius 2 is 2.18 bits per heavy atom. The van der Waals surface area contributed by atoms with E-state index in [0.29, 0.717) is 0 Å². The van der Waals surface area contributed by atoms with Crippen molar-refractivity contribution >= 4 is 17.2 Å². The topological polar surface area (TPSA) is 31.2 Å². The van der Waals surface area contributed by atoms with Crippen LogP contribution in [0.4, 0.5) is 0 Å². The number of benzene rings is 1. The van der Waals surface area contributed by atoms with Crippen molar-refractivity contribution in [3.05, 3.63) is 36.0 Å². The van der Waals surface area contributed by atoms with E-state index in [4.69, 9.17) is 4.74 Å². The summed E-state index contributed by atoms with van der Waals surface area (Å²) in [6.45, 7) is 4.50. The van der Waals surface area contributed by atoms with Gasteiger partial charge >= 0.3 is 0 Å². The second kappa shape index (κ2) is 5.64. The normalized spacial score (nSPS) is 10.9. The lowest BCUT2D eigenvalue weighted by Gasteiger charge is -2.06. The first-order valence-electron chi connectivity index (χ1n) is 5.97. The molecule has 0 unspecified atom stereocenters. The molecule has 17 heavy (non-hydrogen) atoms. The summed E-state index contributed by atoms with van der Waals surface area (Å²) in [6, 6.07) is 7.77. The first-order chi connectivity index (χ1) is 8.35. The number of aromatic nitrogens is 1. The molecule has 1 aromatic carbocycles. The zero-order chi connectivity index (χ0) is 12.1. The van der Waals surface area contributed by atoms with Gasteiger partial charge in [-0.1, -0.05) is 6.92 Å². The van der Waals surface area contributed by atoms with Gasteiger partial charge in [-0.2, -0.15) is 0 Å². The summed E-state index contributed by atoms with van der Waals surface area (Å²) in [5, 5.41) is 1.10. The van der Waals surface area contributed by atoms with Crippen LogP contribution in [0.5, 0.6) is 0 Å². The zero-order valence-corrected chi connectivity index (χ0v) is 10.1. The predicted octanol–water partition coefficient (Wildman–Crippen LogP) is 2.88. The molecule has 0 aliphatic heterocycles. The van der Waals surface area contributed by atoms with Crippen molar-refractivity contribution in [3.8, 4) is 0 Å². The quantitative estimate of drug-likeness (QED) is 0.565. The van der Waals surface area contributed by atoms with Crippen molar-refractivity contribution in [2.75, 3.05) is 13.2 Å². The van der Waals surface area contributed by atoms with Crippen LogP contribution in [0.2, 0.25) is 0 Å². The molecule has 2 aromatic rings. The van der Waals surface area contributed by atoms with E-state index in [2.05, 4.69) is 11.5 Å². The molecule has 0 saturated heterocycles. The Morgan fingerprint density at radius 1 is 1.29 bits per heavy atom. The number of rotatable bonds is 6. The number of carbonyl (C=O) groups excluding carboxylic acids is 1. The third-order valence-electron chi connectivity index (χ3n) is 2.76. The van der Waals surface area contributed by atoms with Gasteiger partial charge in [0.05, 0.1) is 6.61 Å². The van der Waals surface area contributed by atoms with Crippen LogP contribution in [-0.4, -0.2) is 24.1 Å². The zero-order valence-electron chi connectivity index (χ0n) is 10.1. The van der Waals surface area contributed by atoms with Crippen LogP contribution in [0.1, 0.15) is 23.7 Å². The van der Waals surface area contributed by atoms with Gasteiger partial charge in [0.1, 0.15) is 6.29 Å². The van der Waals surface area contributed by atoms with Gasteiger partial charge < -0.3 is 9.30 Å². The number of hydrogen-bond acceptors (Lipinski definition) is 2. The summed E-state index contributed by atoms with van der Waals surface area (Å²) in [4.78, 5) is 10.7. The molecule has 0 aliphatic carbocycles. The van der Waals surface area contributed by atoms with Gasteiger partial charge in [0.25, 0.3) is 0 Å². The fraction of sp³-hybridized carbons (Fsp3) is 0.357. The van der Waals surface area contributed by atoms with Crippen molar-refractivity contribution in [1.82, 2.24) is 4.57 Å². The smallest absolute Gasteiger partial charge is 0.150 e. The molecule has 0 radical (unpaired) electrons. The minimum absolute atomic E-state index is 0.720. The Balaban J connectivity index is 2.10. The van der Waals surface area contributed by atoms with E-state index in [0.717, 1.165) is 48.9 Å². The number of aldehydes is 1. The standard InChI is InChI=1S/C14H17NO2/c1-2-8-17-9-7-15-6-5-13-10-12(11-16)3-4-14(13)15/h3-6,10-11H,2,7-9H2,1H3. The maximum Gasteiger partial charge on any atom is 0.150 e. The van der Waals surface area contributed by atoms with Gasteiger partial charge in [-0.15, -0.1) is 0 Å². The minimum atomic E-state index is 0.720. The molecule has 0 fully saturated rings. The summed E-state index contributed by atoms with van der Waals surface area (Å²) < 4.78 is 7.63. The third kappa shape index (κ3) is 2.74. The summed E-state index contributed by atoms with van der Waals surface area (Å²) >= 11 is 0. The molecule has 0 N–H and O–H groups in total. The monoisotopic (exact) mass is 231 g/mol. The molecule has 0 amide bonds. The molecule has 2 rings (SSSR count). The van der Waals surface area contributed by atoms with Crippen LogP contribution in [0, 0.1) is 0 Å². The lowest BCUT2D eigenvalue weighted by Crippen LogP contribution is -2.05. The largest absolute Gasteiger partial charge is 0.380 e. The van der Waals surface area contributed by atoms with Gasteiger partial charge in [-0.05, 0) is 30.7 Å². The first kappa shape index (κ1) is 11.9. The van der Waals surface area contributed by atoms with E-state index in [1.165, 1.54) is 0 Å². The maximum atomic E-state index is 10.7. The number of fused-ring (bicyclic) bond motifs is 1. The van der Waals surface area contributed by atoms with Crippen LogP contribution in [-0.2, 0) is 11.3 Å². The molecule has 0 bridgehead atoms. The molecule has 0 aliphatic rings. The highest BCUT2D eigenvalue weighted by Crippen LogP contribution is 2.16. The van der Waals surface area contributed by atoms with Crippen molar-refractivity contribution in [2.24, 2.45) is 0 Å². The molecule has 3 heteroatoms. The Bertz CT molecular complexity index is 502. The summed E-state index contributed by atoms with van der Waals surface area (Å²) in [5.41, 5.74) is 1.87. The Kier molecular flexibility index (Phi) is 3.94. The summed E-state index contributed by atoms with van der Waals surface area (Å²) in [6.07, 6.45) is 3.96. The lowest BCUT2D eigenvalue weighted by atomic mass is 10.2. The molecular formula is C14H17NO2. The van der Waals surface area contributed by atoms with E-state index < -0.39 is 0 Å². The van der Waals surface area contributed by atoms with Crippen LogP contribution >= 0.6 is 0 Å². The second-order valence-electron chi connectivity index (χ2n) is 4.06. The molecule has 0 spiro atoms. The fourth-order valence-electron chi connectivity index (χ4n) is 1.90. The summed E-state index contributed by atoms with van der Waals surface area (Å²) in [5.74, 6) is 0. The number of hydrogen-bond donors (Lipinski definition) is 0. The average Bonchev–Trinajstić information content (AvgIpc) is 2.77. The van der Waals surface area contributed by atoms with E-state index in [1.54, 1.807) is 0 Å². The van der Waals surface area contributed by atoms with Gasteiger partial charge in [0, 0.05) is 35.8 Å². The van der Waals surface area contributed by atoms with Crippen molar-refractivity contribution in [2.45, 2.75) is 19.9 Å². The Morgan fingerprint density at radius 3 is 2.94 bits per heavy atom. The number of nitrogens with zero attached hydrogens (tertiary/aromatic N) is 1. The second-order valence-corrected chi connectivity index (χ2v) is 4.06. The van der Waals surface area contributed by atoms with Gasteiger partial charge in [-0.3, -0.25) is 4.79 Å². The van der Waals surface area contributed by atoms with Crippen LogP contribution in [0.15, 0.2) is 30.5 Å². The molecule has 90 valence electrons. The minimum Gasteiger partial charge on any atom is -0.380 e. The Hall–Kier alpha value is -1.61. The van der Waals surface area contributed by atoms with E-state index in [9.17, 15) is 4.79 Å². The Labute approximate surface area is 101 Å². The highest BCUT2D eigenvalue weighted by Gasteiger charge is 2.01. The van der Waals surface area contributed by atoms with Gasteiger partial charge in [0.2, 0.25) is 0 Å². The molecule has 1 aromatic heterocycles.